The predicted molar refractivity (Wildman–Crippen MR) is 79.8 cm³/mol. The molecule has 3 N–H and O–H groups in total. The molecule has 2 fully saturated rings. The summed E-state index contributed by atoms with van der Waals surface area (Å²) in [5.74, 6) is 0.593. The number of thiophene rings is 1. The molecular weight excluding hydrogens is 276 g/mol. The van der Waals surface area contributed by atoms with Crippen LogP contribution in [0.4, 0.5) is 10.7 Å². The Morgan fingerprint density at radius 2 is 2.00 bits per heavy atom. The third-order valence-corrected chi connectivity index (χ3v) is 5.65. The number of ether oxygens (including phenoxy) is 1. The van der Waals surface area contributed by atoms with Crippen molar-refractivity contribution in [2.24, 2.45) is 0 Å². The van der Waals surface area contributed by atoms with Crippen LogP contribution in [0, 0.1) is 0 Å². The molecule has 6 heteroatoms. The van der Waals surface area contributed by atoms with Gasteiger partial charge in [0, 0.05) is 19.0 Å². The number of ketones is 1. The smallest absolute Gasteiger partial charge is 0.177 e. The number of nitrogen functional groups attached to an aromatic ring is 1. The monoisotopic (exact) mass is 296 g/mol. The molecule has 2 atom stereocenters. The van der Waals surface area contributed by atoms with E-state index >= 15 is 0 Å². The summed E-state index contributed by atoms with van der Waals surface area (Å²) in [6.07, 6.45) is 3.52. The van der Waals surface area contributed by atoms with Gasteiger partial charge in [0.25, 0.3) is 0 Å². The maximum Gasteiger partial charge on any atom is 0.177 e. The molecule has 2 aliphatic heterocycles. The molecule has 2 aliphatic rings. The summed E-state index contributed by atoms with van der Waals surface area (Å²) in [6, 6.07) is 0.658. The van der Waals surface area contributed by atoms with Crippen molar-refractivity contribution in [3.63, 3.8) is 0 Å². The predicted octanol–water partition coefficient (Wildman–Crippen LogP) is 2.03. The van der Waals surface area contributed by atoms with Crippen molar-refractivity contribution in [3.05, 3.63) is 4.88 Å². The number of methoxy groups -OCH3 is 1. The highest BCUT2D eigenvalue weighted by molar-refractivity contribution is 7.19. The molecule has 110 valence electrons. The Morgan fingerprint density at radius 3 is 2.50 bits per heavy atom. The van der Waals surface area contributed by atoms with Gasteiger partial charge < -0.3 is 20.5 Å². The zero-order valence-corrected chi connectivity index (χ0v) is 12.6. The largest absolute Gasteiger partial charge is 0.492 e. The molecule has 20 heavy (non-hydrogen) atoms. The Kier molecular flexibility index (Phi) is 3.38. The number of rotatable bonds is 3. The lowest BCUT2D eigenvalue weighted by molar-refractivity contribution is 0.102. The number of nitrogens with two attached hydrogens (primary N) is 1. The normalized spacial score (nSPS) is 28.8. The van der Waals surface area contributed by atoms with E-state index in [0.29, 0.717) is 28.4 Å². The van der Waals surface area contributed by atoms with Crippen molar-refractivity contribution in [2.45, 2.75) is 50.8 Å². The number of Topliss-reactive ketones (excluding diaryl/α,β-unsaturated/α-hetero) is 1. The van der Waals surface area contributed by atoms with E-state index in [1.165, 1.54) is 18.3 Å². The van der Waals surface area contributed by atoms with Crippen LogP contribution < -0.4 is 15.4 Å². The van der Waals surface area contributed by atoms with Gasteiger partial charge in [-0.1, -0.05) is 0 Å². The van der Waals surface area contributed by atoms with Gasteiger partial charge in [-0.3, -0.25) is 4.79 Å². The number of anilines is 2. The van der Waals surface area contributed by atoms with Gasteiger partial charge in [-0.15, -0.1) is 11.3 Å². The average Bonchev–Trinajstić information content (AvgIpc) is 2.84. The number of aliphatic hydroxyl groups is 1. The Morgan fingerprint density at radius 1 is 1.40 bits per heavy atom. The summed E-state index contributed by atoms with van der Waals surface area (Å²) >= 11 is 1.42. The minimum Gasteiger partial charge on any atom is -0.492 e. The summed E-state index contributed by atoms with van der Waals surface area (Å²) in [5.41, 5.74) is 6.50. The number of hydrogen-bond acceptors (Lipinski definition) is 6. The van der Waals surface area contributed by atoms with Crippen molar-refractivity contribution in [3.8, 4) is 5.75 Å². The number of hydrogen-bond donors (Lipinski definition) is 2. The first kappa shape index (κ1) is 13.7. The zero-order valence-electron chi connectivity index (χ0n) is 11.8. The lowest BCUT2D eigenvalue weighted by Gasteiger charge is -2.38. The SMILES string of the molecule is COc1c(N2C3CCC2CC(O)C3)sc(C(C)=O)c1N. The fourth-order valence-corrected chi connectivity index (χ4v) is 4.75. The van der Waals surface area contributed by atoms with Gasteiger partial charge in [-0.25, -0.2) is 0 Å². The second-order valence-electron chi connectivity index (χ2n) is 5.66. The van der Waals surface area contributed by atoms with E-state index in [0.717, 1.165) is 30.7 Å². The van der Waals surface area contributed by atoms with E-state index < -0.39 is 0 Å². The van der Waals surface area contributed by atoms with Gasteiger partial charge in [0.05, 0.1) is 23.8 Å². The molecule has 1 aromatic rings. The molecule has 5 nitrogen and oxygen atoms in total. The molecule has 3 heterocycles. The number of carbonyl (C=O) groups is 1. The molecular formula is C14H20N2O3S. The van der Waals surface area contributed by atoms with E-state index in [4.69, 9.17) is 10.5 Å². The summed E-state index contributed by atoms with van der Waals surface area (Å²) in [7, 11) is 1.59. The minimum atomic E-state index is -0.209. The zero-order chi connectivity index (χ0) is 14.4. The van der Waals surface area contributed by atoms with E-state index in [9.17, 15) is 9.90 Å². The van der Waals surface area contributed by atoms with Crippen molar-refractivity contribution in [2.75, 3.05) is 17.7 Å². The molecule has 2 saturated heterocycles. The number of nitrogens with zero attached hydrogens (tertiary/aromatic N) is 1. The summed E-state index contributed by atoms with van der Waals surface area (Å²) in [4.78, 5) is 14.6. The number of piperidine rings is 1. The van der Waals surface area contributed by atoms with Gasteiger partial charge in [0.2, 0.25) is 0 Å². The van der Waals surface area contributed by atoms with E-state index in [-0.39, 0.29) is 11.9 Å². The van der Waals surface area contributed by atoms with Crippen LogP contribution in [0.1, 0.15) is 42.3 Å². The van der Waals surface area contributed by atoms with Crippen molar-refractivity contribution in [1.29, 1.82) is 0 Å². The van der Waals surface area contributed by atoms with E-state index in [1.54, 1.807) is 7.11 Å². The van der Waals surface area contributed by atoms with Crippen molar-refractivity contribution < 1.29 is 14.6 Å². The van der Waals surface area contributed by atoms with Crippen molar-refractivity contribution in [1.82, 2.24) is 0 Å². The Bertz CT molecular complexity index is 529. The lowest BCUT2D eigenvalue weighted by Crippen LogP contribution is -2.44. The van der Waals surface area contributed by atoms with Crippen LogP contribution in [0.15, 0.2) is 0 Å². The molecule has 0 aliphatic carbocycles. The molecule has 2 unspecified atom stereocenters. The fourth-order valence-electron chi connectivity index (χ4n) is 3.52. The second kappa shape index (κ2) is 4.93. The second-order valence-corrected chi connectivity index (χ2v) is 6.66. The Hall–Kier alpha value is -1.27. The highest BCUT2D eigenvalue weighted by atomic mass is 32.1. The summed E-state index contributed by atoms with van der Waals surface area (Å²) < 4.78 is 5.44. The maximum absolute atomic E-state index is 11.7. The van der Waals surface area contributed by atoms with E-state index in [2.05, 4.69) is 4.90 Å². The quantitative estimate of drug-likeness (QED) is 0.835. The highest BCUT2D eigenvalue weighted by Crippen LogP contribution is 2.50. The summed E-state index contributed by atoms with van der Waals surface area (Å²) in [6.45, 7) is 1.53. The third-order valence-electron chi connectivity index (χ3n) is 4.35. The molecule has 0 amide bonds. The van der Waals surface area contributed by atoms with Crippen LogP contribution >= 0.6 is 11.3 Å². The van der Waals surface area contributed by atoms with Crippen LogP contribution in [0.3, 0.4) is 0 Å². The van der Waals surface area contributed by atoms with Crippen LogP contribution in [-0.4, -0.2) is 36.2 Å². The average molecular weight is 296 g/mol. The molecule has 0 aromatic carbocycles. The molecule has 1 aromatic heterocycles. The number of fused-ring (bicyclic) bond motifs is 2. The first-order valence-electron chi connectivity index (χ1n) is 6.96. The van der Waals surface area contributed by atoms with Crippen LogP contribution in [-0.2, 0) is 0 Å². The molecule has 0 spiro atoms. The standard InChI is InChI=1S/C14H20N2O3S/c1-7(17)13-11(15)12(19-2)14(20-13)16-8-3-4-9(16)6-10(18)5-8/h8-10,18H,3-6,15H2,1-2H3. The van der Waals surface area contributed by atoms with Gasteiger partial charge in [-0.05, 0) is 25.7 Å². The first-order valence-corrected chi connectivity index (χ1v) is 7.78. The van der Waals surface area contributed by atoms with Crippen molar-refractivity contribution >= 4 is 27.8 Å². The highest BCUT2D eigenvalue weighted by Gasteiger charge is 2.42. The summed E-state index contributed by atoms with van der Waals surface area (Å²) in [5, 5.41) is 10.8. The van der Waals surface area contributed by atoms with Gasteiger partial charge in [0.1, 0.15) is 5.00 Å². The lowest BCUT2D eigenvalue weighted by atomic mass is 10.0. The minimum absolute atomic E-state index is 0.0264. The molecule has 2 bridgehead atoms. The molecule has 3 rings (SSSR count). The van der Waals surface area contributed by atoms with Gasteiger partial charge in [0.15, 0.2) is 11.5 Å². The van der Waals surface area contributed by atoms with Gasteiger partial charge in [-0.2, -0.15) is 0 Å². The maximum atomic E-state index is 11.7. The first-order chi connectivity index (χ1) is 9.52. The number of carbonyl (C=O) groups excluding carboxylic acids is 1. The topological polar surface area (TPSA) is 75.8 Å². The van der Waals surface area contributed by atoms with E-state index in [1.807, 2.05) is 0 Å². The van der Waals surface area contributed by atoms with Crippen LogP contribution in [0.25, 0.3) is 0 Å². The Labute approximate surface area is 122 Å². The fraction of sp³-hybridized carbons (Fsp3) is 0.643. The molecule has 0 radical (unpaired) electrons. The third kappa shape index (κ3) is 1.98. The Balaban J connectivity index is 2.02. The molecule has 0 saturated carbocycles. The van der Waals surface area contributed by atoms with Crippen LogP contribution in [0.5, 0.6) is 5.75 Å². The van der Waals surface area contributed by atoms with Crippen LogP contribution in [0.2, 0.25) is 0 Å². The van der Waals surface area contributed by atoms with Gasteiger partial charge >= 0.3 is 0 Å². The number of aliphatic hydroxyl groups excluding tert-OH is 1.